The van der Waals surface area contributed by atoms with E-state index in [1.165, 1.54) is 0 Å². The minimum atomic E-state index is -5.61. The summed E-state index contributed by atoms with van der Waals surface area (Å²) in [6.45, 7) is 0. The minimum absolute atomic E-state index is 0.269. The van der Waals surface area contributed by atoms with E-state index in [9.17, 15) is 34.8 Å². The van der Waals surface area contributed by atoms with Gasteiger partial charge >= 0.3 is 11.7 Å². The highest BCUT2D eigenvalue weighted by Crippen LogP contribution is 2.33. The Hall–Kier alpha value is -1.25. The van der Waals surface area contributed by atoms with E-state index in [4.69, 9.17) is 0 Å². The molecule has 9 heteroatoms. The second kappa shape index (κ2) is 3.90. The summed E-state index contributed by atoms with van der Waals surface area (Å²) in [4.78, 5) is -1.22. The fraction of sp³-hybridized carbons (Fsp3) is 0.250. The summed E-state index contributed by atoms with van der Waals surface area (Å²) in [6, 6.07) is 1.09. The number of benzene rings is 1. The number of alkyl halides is 6. The number of hydrogen-bond donors (Lipinski definition) is 0. The van der Waals surface area contributed by atoms with Crippen LogP contribution in [-0.4, -0.2) is 13.9 Å². The van der Waals surface area contributed by atoms with Crippen LogP contribution in [0.3, 0.4) is 0 Å². The third-order valence-electron chi connectivity index (χ3n) is 1.80. The Bertz CT molecular complexity index is 496. The van der Waals surface area contributed by atoms with Crippen LogP contribution >= 0.6 is 0 Å². The van der Waals surface area contributed by atoms with Crippen molar-refractivity contribution in [3.05, 3.63) is 29.8 Å². The Kier molecular flexibility index (Phi) is 3.17. The molecule has 0 aliphatic heterocycles. The smallest absolute Gasteiger partial charge is 0.214 e. The van der Waals surface area contributed by atoms with E-state index in [1.807, 2.05) is 0 Å². The third-order valence-corrected chi connectivity index (χ3v) is 3.30. The summed E-state index contributed by atoms with van der Waals surface area (Å²) in [6.07, 6.45) is -4.74. The highest BCUT2D eigenvalue weighted by atomic mass is 32.2. The van der Waals surface area contributed by atoms with Gasteiger partial charge in [0, 0.05) is 0 Å². The molecule has 0 aromatic heterocycles. The van der Waals surface area contributed by atoms with Crippen LogP contribution in [0.1, 0.15) is 5.56 Å². The van der Waals surface area contributed by atoms with Crippen LogP contribution in [0.5, 0.6) is 0 Å². The summed E-state index contributed by atoms with van der Waals surface area (Å²) < 4.78 is 94.0. The number of halogens is 6. The molecule has 0 spiro atoms. The van der Waals surface area contributed by atoms with Crippen LogP contribution in [-0.2, 0) is 16.0 Å². The van der Waals surface area contributed by atoms with Crippen LogP contribution in [0.2, 0.25) is 0 Å². The normalized spacial score (nSPS) is 13.8. The fourth-order valence-corrected chi connectivity index (χ4v) is 1.72. The van der Waals surface area contributed by atoms with Crippen molar-refractivity contribution in [2.24, 2.45) is 0 Å². The van der Waals surface area contributed by atoms with Gasteiger partial charge in [0.25, 0.3) is 9.84 Å². The van der Waals surface area contributed by atoms with Crippen LogP contribution < -0.4 is 0 Å². The lowest BCUT2D eigenvalue weighted by molar-refractivity contribution is -0.137. The molecule has 0 aliphatic rings. The van der Waals surface area contributed by atoms with Crippen molar-refractivity contribution in [3.63, 3.8) is 0 Å². The average molecular weight is 278 g/mol. The first kappa shape index (κ1) is 13.8. The molecule has 0 amide bonds. The molecule has 1 aromatic rings. The molecule has 17 heavy (non-hydrogen) atoms. The van der Waals surface area contributed by atoms with Crippen molar-refractivity contribution >= 4 is 9.84 Å². The molecule has 0 atom stereocenters. The first-order chi connectivity index (χ1) is 7.46. The van der Waals surface area contributed by atoms with E-state index < -0.39 is 32.0 Å². The molecule has 0 heterocycles. The average Bonchev–Trinajstić information content (AvgIpc) is 2.15. The van der Waals surface area contributed by atoms with E-state index in [-0.39, 0.29) is 24.3 Å². The van der Waals surface area contributed by atoms with Gasteiger partial charge < -0.3 is 0 Å². The van der Waals surface area contributed by atoms with Crippen molar-refractivity contribution in [3.8, 4) is 0 Å². The molecule has 0 saturated carbocycles. The highest BCUT2D eigenvalue weighted by Gasteiger charge is 2.47. The number of sulfone groups is 1. The monoisotopic (exact) mass is 278 g/mol. The molecule has 0 N–H and O–H groups in total. The lowest BCUT2D eigenvalue weighted by Crippen LogP contribution is -2.23. The highest BCUT2D eigenvalue weighted by molar-refractivity contribution is 7.92. The maximum atomic E-state index is 12.1. The van der Waals surface area contributed by atoms with Gasteiger partial charge in [0.05, 0.1) is 10.5 Å². The summed E-state index contributed by atoms with van der Waals surface area (Å²) in [5, 5.41) is 0. The van der Waals surface area contributed by atoms with Gasteiger partial charge in [-0.1, -0.05) is 0 Å². The van der Waals surface area contributed by atoms with Gasteiger partial charge in [0.1, 0.15) is 0 Å². The molecule has 0 bridgehead atoms. The summed E-state index contributed by atoms with van der Waals surface area (Å²) >= 11 is 0. The molecule has 2 nitrogen and oxygen atoms in total. The first-order valence-electron chi connectivity index (χ1n) is 3.95. The topological polar surface area (TPSA) is 34.1 Å². The zero-order valence-electron chi connectivity index (χ0n) is 7.80. The van der Waals surface area contributed by atoms with E-state index in [1.54, 1.807) is 0 Å². The van der Waals surface area contributed by atoms with Crippen molar-refractivity contribution in [2.45, 2.75) is 16.6 Å². The Morgan fingerprint density at radius 2 is 1.24 bits per heavy atom. The van der Waals surface area contributed by atoms with Crippen LogP contribution in [0, 0.1) is 0 Å². The van der Waals surface area contributed by atoms with Gasteiger partial charge in [0.2, 0.25) is 0 Å². The van der Waals surface area contributed by atoms with E-state index in [0.717, 1.165) is 0 Å². The van der Waals surface area contributed by atoms with Gasteiger partial charge in [-0.15, -0.1) is 0 Å². The maximum Gasteiger partial charge on any atom is 0.501 e. The van der Waals surface area contributed by atoms with Crippen LogP contribution in [0.4, 0.5) is 26.3 Å². The Morgan fingerprint density at radius 1 is 0.824 bits per heavy atom. The Labute approximate surface area is 91.8 Å². The number of rotatable bonds is 1. The molecule has 0 saturated heterocycles. The third kappa shape index (κ3) is 2.71. The molecule has 0 radical (unpaired) electrons. The van der Waals surface area contributed by atoms with Gasteiger partial charge in [-0.3, -0.25) is 0 Å². The summed E-state index contributed by atoms with van der Waals surface area (Å²) in [5.41, 5.74) is -6.76. The van der Waals surface area contributed by atoms with Gasteiger partial charge in [-0.2, -0.15) is 26.3 Å². The molecule has 0 fully saturated rings. The predicted molar refractivity (Wildman–Crippen MR) is 44.7 cm³/mol. The van der Waals surface area contributed by atoms with Crippen molar-refractivity contribution in [1.82, 2.24) is 0 Å². The predicted octanol–water partition coefficient (Wildman–Crippen LogP) is 3.00. The van der Waals surface area contributed by atoms with Crippen LogP contribution in [0.25, 0.3) is 0 Å². The Morgan fingerprint density at radius 3 is 1.53 bits per heavy atom. The SMILES string of the molecule is O=S(=O)(c1ccc(C(F)(F)F)cc1)C(F)(F)F. The van der Waals surface area contributed by atoms with Gasteiger partial charge in [-0.05, 0) is 24.3 Å². The molecule has 1 aromatic carbocycles. The second-order valence-electron chi connectivity index (χ2n) is 2.97. The van der Waals surface area contributed by atoms with E-state index >= 15 is 0 Å². The van der Waals surface area contributed by atoms with Crippen molar-refractivity contribution in [1.29, 1.82) is 0 Å². The molecule has 0 unspecified atom stereocenters. The zero-order chi connectivity index (χ0) is 13.5. The summed E-state index contributed by atoms with van der Waals surface area (Å²) in [7, 11) is -5.61. The molecule has 0 aliphatic carbocycles. The summed E-state index contributed by atoms with van der Waals surface area (Å²) in [5.74, 6) is 0. The van der Waals surface area contributed by atoms with Crippen molar-refractivity contribution in [2.75, 3.05) is 0 Å². The molecule has 96 valence electrons. The molecular formula is C8H4F6O2S. The first-order valence-corrected chi connectivity index (χ1v) is 5.43. The van der Waals surface area contributed by atoms with Gasteiger partial charge in [0.15, 0.2) is 0 Å². The maximum absolute atomic E-state index is 12.1. The lowest BCUT2D eigenvalue weighted by atomic mass is 10.2. The Balaban J connectivity index is 3.22. The fourth-order valence-electron chi connectivity index (χ4n) is 0.957. The standard InChI is InChI=1S/C8H4F6O2S/c9-7(10,11)5-1-3-6(4-2-5)17(15,16)8(12,13)14/h1-4H. The quantitative estimate of drug-likeness (QED) is 0.740. The second-order valence-corrected chi connectivity index (χ2v) is 4.91. The van der Waals surface area contributed by atoms with E-state index in [0.29, 0.717) is 0 Å². The molecule has 1 rings (SSSR count). The van der Waals surface area contributed by atoms with E-state index in [2.05, 4.69) is 0 Å². The minimum Gasteiger partial charge on any atom is -0.214 e. The number of hydrogen-bond acceptors (Lipinski definition) is 2. The lowest BCUT2D eigenvalue weighted by Gasteiger charge is -2.10. The van der Waals surface area contributed by atoms with Crippen molar-refractivity contribution < 1.29 is 34.8 Å². The largest absolute Gasteiger partial charge is 0.501 e. The van der Waals surface area contributed by atoms with Gasteiger partial charge in [-0.25, -0.2) is 8.42 Å². The van der Waals surface area contributed by atoms with Crippen LogP contribution in [0.15, 0.2) is 29.2 Å². The zero-order valence-corrected chi connectivity index (χ0v) is 8.62. The molecular weight excluding hydrogens is 274 g/mol.